The standard InChI is InChI=1S/C69H88N10O11/c1-41(2)54(35-43(5)66(87)88)78(13)65(86)61(68(6,7)8)76-64(85)60(71-11)69(9,10)51-39-77(12)55-36-45(26-31-50(51)55)37-58(82)90-40-44-24-29-49(30-25-44)73-62(83)52(22-18-34-72-67(70)89)74-63(84)59(42(3)4)75-56(80)32-33-57(81)79-38-48-21-15-14-19-46(48)27-28-47-20-16-17-23-53(47)79/h14-17,19-21,23-26,29-31,35-36,39,41-42,52,54,59-61,71H,18,22,32-34,37-38,40H2,1-13H3,(H,73,83)(H,74,84)(H,75,80)(H,76,85)(H,87,88)(H3,70,72,89)/b43-35+/t52-,54+,59-,60-,61+/m0/s1. The van der Waals surface area contributed by atoms with Crippen LogP contribution in [0.3, 0.4) is 0 Å². The second-order valence-electron chi connectivity index (χ2n) is 25.3. The van der Waals surface area contributed by atoms with Crippen LogP contribution in [0.2, 0.25) is 0 Å². The van der Waals surface area contributed by atoms with Crippen LogP contribution in [0, 0.1) is 29.1 Å². The minimum absolute atomic E-state index is 0.0427. The first-order chi connectivity index (χ1) is 42.4. The molecule has 4 aromatic carbocycles. The van der Waals surface area contributed by atoms with Crippen LogP contribution in [0.4, 0.5) is 16.2 Å². The maximum atomic E-state index is 14.4. The fourth-order valence-electron chi connectivity index (χ4n) is 11.0. The minimum Gasteiger partial charge on any atom is -0.478 e. The molecule has 1 aromatic heterocycles. The number of benzene rings is 4. The van der Waals surface area contributed by atoms with Gasteiger partial charge in [-0.2, -0.15) is 0 Å². The number of carboxylic acids is 1. The summed E-state index contributed by atoms with van der Waals surface area (Å²) in [4.78, 5) is 124. The first-order valence-electron chi connectivity index (χ1n) is 30.3. The summed E-state index contributed by atoms with van der Waals surface area (Å²) in [5.74, 6) is 1.50. The van der Waals surface area contributed by atoms with Crippen molar-refractivity contribution in [3.8, 4) is 11.8 Å². The number of nitrogens with two attached hydrogens (primary N) is 1. The molecule has 0 saturated heterocycles. The molecule has 0 spiro atoms. The summed E-state index contributed by atoms with van der Waals surface area (Å²) in [6.07, 6.45) is 3.47. The predicted molar refractivity (Wildman–Crippen MR) is 346 cm³/mol. The van der Waals surface area contributed by atoms with Crippen LogP contribution in [-0.2, 0) is 75.1 Å². The second kappa shape index (κ2) is 30.8. The summed E-state index contributed by atoms with van der Waals surface area (Å²) in [7, 11) is 5.20. The third-order valence-electron chi connectivity index (χ3n) is 16.2. The number of carboxylic acid groups (broad SMARTS) is 1. The van der Waals surface area contributed by atoms with Gasteiger partial charge in [0.2, 0.25) is 35.4 Å². The molecule has 9 N–H and O–H groups in total. The van der Waals surface area contributed by atoms with E-state index < -0.39 is 88.6 Å². The van der Waals surface area contributed by atoms with Gasteiger partial charge in [0, 0.05) is 78.4 Å². The van der Waals surface area contributed by atoms with E-state index in [4.69, 9.17) is 10.5 Å². The lowest BCUT2D eigenvalue weighted by molar-refractivity contribution is -0.144. The number of anilines is 2. The number of hydrogen-bond acceptors (Lipinski definition) is 11. The second-order valence-corrected chi connectivity index (χ2v) is 25.3. The molecule has 5 atom stereocenters. The Balaban J connectivity index is 1.05. The first-order valence-corrected chi connectivity index (χ1v) is 30.3. The highest BCUT2D eigenvalue weighted by atomic mass is 16.5. The van der Waals surface area contributed by atoms with Gasteiger partial charge in [0.05, 0.1) is 30.7 Å². The number of aromatic nitrogens is 1. The van der Waals surface area contributed by atoms with Gasteiger partial charge in [-0.3, -0.25) is 33.6 Å². The molecule has 0 bridgehead atoms. The average molecular weight is 1230 g/mol. The Labute approximate surface area is 527 Å². The van der Waals surface area contributed by atoms with Crippen LogP contribution in [0.1, 0.15) is 128 Å². The van der Waals surface area contributed by atoms with Crippen molar-refractivity contribution in [2.24, 2.45) is 30.0 Å². The van der Waals surface area contributed by atoms with Gasteiger partial charge < -0.3 is 61.8 Å². The smallest absolute Gasteiger partial charge is 0.331 e. The van der Waals surface area contributed by atoms with E-state index >= 15 is 0 Å². The molecule has 0 fully saturated rings. The number of amides is 8. The summed E-state index contributed by atoms with van der Waals surface area (Å²) in [5, 5.41) is 27.6. The summed E-state index contributed by atoms with van der Waals surface area (Å²) in [6, 6.07) is 22.0. The van der Waals surface area contributed by atoms with E-state index in [0.29, 0.717) is 28.1 Å². The molecule has 0 unspecified atom stereocenters. The molecule has 1 aliphatic rings. The fourth-order valence-corrected chi connectivity index (χ4v) is 11.0. The zero-order valence-electron chi connectivity index (χ0n) is 54.0. The zero-order valence-corrected chi connectivity index (χ0v) is 54.0. The van der Waals surface area contributed by atoms with Gasteiger partial charge in [-0.05, 0) is 103 Å². The highest BCUT2D eigenvalue weighted by Crippen LogP contribution is 2.36. The summed E-state index contributed by atoms with van der Waals surface area (Å²) < 4.78 is 7.63. The molecule has 2 heterocycles. The van der Waals surface area contributed by atoms with Crippen molar-refractivity contribution in [2.75, 3.05) is 30.9 Å². The summed E-state index contributed by atoms with van der Waals surface area (Å²) >= 11 is 0. The van der Waals surface area contributed by atoms with Gasteiger partial charge in [0.1, 0.15) is 24.7 Å². The molecule has 0 saturated carbocycles. The Morgan fingerprint density at radius 2 is 1.42 bits per heavy atom. The number of nitrogens with one attached hydrogen (secondary N) is 6. The summed E-state index contributed by atoms with van der Waals surface area (Å²) in [5.41, 5.74) is 10.2. The number of primary amides is 1. The molecule has 480 valence electrons. The molecular weight excluding hydrogens is 1140 g/mol. The maximum absolute atomic E-state index is 14.4. The third-order valence-corrected chi connectivity index (χ3v) is 16.2. The van der Waals surface area contributed by atoms with E-state index in [-0.39, 0.29) is 75.1 Å². The number of aryl methyl sites for hydroxylation is 1. The molecule has 90 heavy (non-hydrogen) atoms. The highest BCUT2D eigenvalue weighted by molar-refractivity contribution is 6.00. The zero-order chi connectivity index (χ0) is 66.4. The molecule has 0 aliphatic carbocycles. The van der Waals surface area contributed by atoms with E-state index in [0.717, 1.165) is 27.6 Å². The number of nitrogens with zero attached hydrogens (tertiary/aromatic N) is 3. The Hall–Kier alpha value is -9.29. The van der Waals surface area contributed by atoms with Crippen molar-refractivity contribution < 1.29 is 53.0 Å². The van der Waals surface area contributed by atoms with Crippen molar-refractivity contribution >= 4 is 75.7 Å². The molecule has 21 heteroatoms. The largest absolute Gasteiger partial charge is 0.478 e. The molecule has 0 radical (unpaired) electrons. The van der Waals surface area contributed by atoms with Crippen molar-refractivity contribution in [1.82, 2.24) is 36.1 Å². The molecule has 8 amide bonds. The molecular formula is C69H88N10O11. The van der Waals surface area contributed by atoms with Crippen LogP contribution in [0.15, 0.2) is 109 Å². The Morgan fingerprint density at radius 3 is 2.06 bits per heavy atom. The topological polar surface area (TPSA) is 293 Å². The van der Waals surface area contributed by atoms with Gasteiger partial charge in [-0.25, -0.2) is 9.59 Å². The normalized spacial score (nSPS) is 14.0. The Morgan fingerprint density at radius 1 is 0.778 bits per heavy atom. The Bertz CT molecular complexity index is 3570. The van der Waals surface area contributed by atoms with Crippen LogP contribution >= 0.6 is 0 Å². The van der Waals surface area contributed by atoms with Crippen molar-refractivity contribution in [3.63, 3.8) is 0 Å². The molecule has 5 aromatic rings. The number of likely N-dealkylation sites (N-methyl/N-ethyl adjacent to an activating group) is 2. The van der Waals surface area contributed by atoms with Gasteiger partial charge in [0.15, 0.2) is 0 Å². The number of fused-ring (bicyclic) bond motifs is 3. The highest BCUT2D eigenvalue weighted by Gasteiger charge is 2.43. The van der Waals surface area contributed by atoms with Crippen LogP contribution in [-0.4, -0.2) is 119 Å². The molecule has 1 aliphatic heterocycles. The fraction of sp³-hybridized carbons (Fsp3) is 0.435. The van der Waals surface area contributed by atoms with E-state index in [2.05, 4.69) is 43.7 Å². The number of carbonyl (C=O) groups excluding carboxylic acids is 8. The third kappa shape index (κ3) is 18.2. The van der Waals surface area contributed by atoms with Gasteiger partial charge >= 0.3 is 18.0 Å². The maximum Gasteiger partial charge on any atom is 0.331 e. The SMILES string of the molecule is CN[C@@H](C(=O)N[C@H](C(=O)N(C)[C@H](/C=C(\C)C(=O)O)C(C)C)C(C)(C)C)C(C)(C)c1cn(C)c2cc(CC(=O)OCc3ccc(NC(=O)[C@H](CCCNC(N)=O)NC(=O)[C@@H](NC(=O)CCC(=O)N4Cc5ccccc5C#Cc5ccccc54)C(C)C)cc3)ccc12. The quantitative estimate of drug-likeness (QED) is 0.0113. The monoisotopic (exact) mass is 1230 g/mol. The van der Waals surface area contributed by atoms with Gasteiger partial charge in [0.25, 0.3) is 0 Å². The van der Waals surface area contributed by atoms with Crippen LogP contribution in [0.5, 0.6) is 0 Å². The number of carbonyl (C=O) groups is 9. The lowest BCUT2D eigenvalue weighted by Gasteiger charge is -2.39. The van der Waals surface area contributed by atoms with Crippen molar-refractivity contribution in [3.05, 3.63) is 142 Å². The van der Waals surface area contributed by atoms with Crippen LogP contribution < -0.4 is 42.5 Å². The number of hydrogen-bond donors (Lipinski definition) is 8. The van der Waals surface area contributed by atoms with Gasteiger partial charge in [-0.1, -0.05) is 135 Å². The van der Waals surface area contributed by atoms with E-state index in [1.165, 1.54) is 11.8 Å². The number of para-hydroxylation sites is 1. The van der Waals surface area contributed by atoms with Crippen molar-refractivity contribution in [2.45, 2.75) is 150 Å². The number of esters is 1. The van der Waals surface area contributed by atoms with Crippen LogP contribution in [0.25, 0.3) is 10.9 Å². The average Bonchev–Trinajstić information content (AvgIpc) is 1.57. The van der Waals surface area contributed by atoms with Crippen molar-refractivity contribution in [1.29, 1.82) is 0 Å². The van der Waals surface area contributed by atoms with E-state index in [1.54, 1.807) is 63.2 Å². The number of aliphatic carboxylic acids is 1. The number of ether oxygens (including phenoxy) is 1. The molecule has 21 nitrogen and oxygen atoms in total. The van der Waals surface area contributed by atoms with Gasteiger partial charge in [-0.15, -0.1) is 0 Å². The Kier molecular flexibility index (Phi) is 23.9. The first kappa shape index (κ1) is 69.8. The van der Waals surface area contributed by atoms with E-state index in [9.17, 15) is 48.3 Å². The number of urea groups is 1. The number of rotatable bonds is 27. The minimum atomic E-state index is -1.11. The van der Waals surface area contributed by atoms with E-state index in [1.807, 2.05) is 133 Å². The predicted octanol–water partition coefficient (Wildman–Crippen LogP) is 7.11. The lowest BCUT2D eigenvalue weighted by Crippen LogP contribution is -2.61. The molecule has 6 rings (SSSR count). The lowest BCUT2D eigenvalue weighted by atomic mass is 9.76. The summed E-state index contributed by atoms with van der Waals surface area (Å²) in [6.45, 7) is 18.6.